The zero-order chi connectivity index (χ0) is 15.4. The molecule has 0 saturated carbocycles. The number of rotatable bonds is 5. The molecule has 0 bridgehead atoms. The van der Waals surface area contributed by atoms with Crippen LogP contribution in [0.1, 0.15) is 30.5 Å². The van der Waals surface area contributed by atoms with E-state index in [0.717, 1.165) is 18.1 Å². The van der Waals surface area contributed by atoms with Crippen LogP contribution in [0.25, 0.3) is 0 Å². The Morgan fingerprint density at radius 2 is 1.95 bits per heavy atom. The first kappa shape index (κ1) is 16.4. The Kier molecular flexibility index (Phi) is 5.73. The molecule has 0 fully saturated rings. The van der Waals surface area contributed by atoms with Gasteiger partial charge in [0.25, 0.3) is 0 Å². The average molecular weight is 375 g/mol. The van der Waals surface area contributed by atoms with Crippen LogP contribution in [0, 0.1) is 11.6 Å². The van der Waals surface area contributed by atoms with Crippen LogP contribution < -0.4 is 5.32 Å². The minimum absolute atomic E-state index is 0.115. The Hall–Kier alpha value is -0.970. The highest BCUT2D eigenvalue weighted by atomic mass is 79.9. The van der Waals surface area contributed by atoms with Crippen molar-refractivity contribution in [2.24, 2.45) is 0 Å². The number of hydrogen-bond acceptors (Lipinski definition) is 1. The van der Waals surface area contributed by atoms with Gasteiger partial charge in [0.2, 0.25) is 0 Å². The van der Waals surface area contributed by atoms with Gasteiger partial charge in [0.1, 0.15) is 11.6 Å². The van der Waals surface area contributed by atoms with Gasteiger partial charge in [0.15, 0.2) is 0 Å². The summed E-state index contributed by atoms with van der Waals surface area (Å²) in [5, 5.41) is 3.80. The van der Waals surface area contributed by atoms with Gasteiger partial charge in [0.05, 0.1) is 10.5 Å². The van der Waals surface area contributed by atoms with Crippen LogP contribution in [-0.4, -0.2) is 6.54 Å². The van der Waals surface area contributed by atoms with Crippen LogP contribution in [0.15, 0.2) is 40.9 Å². The topological polar surface area (TPSA) is 12.0 Å². The smallest absolute Gasteiger partial charge is 0.137 e. The molecule has 0 amide bonds. The third-order valence-corrected chi connectivity index (χ3v) is 3.97. The highest BCUT2D eigenvalue weighted by Gasteiger charge is 2.19. The molecular weight excluding hydrogens is 360 g/mol. The van der Waals surface area contributed by atoms with Crippen molar-refractivity contribution in [3.05, 3.63) is 68.7 Å². The van der Waals surface area contributed by atoms with Gasteiger partial charge in [-0.25, -0.2) is 8.78 Å². The second kappa shape index (κ2) is 7.34. The van der Waals surface area contributed by atoms with Crippen molar-refractivity contribution >= 4 is 27.5 Å². The molecule has 112 valence electrons. The summed E-state index contributed by atoms with van der Waals surface area (Å²) in [6.07, 6.45) is 0.887. The fourth-order valence-electron chi connectivity index (χ4n) is 2.14. The van der Waals surface area contributed by atoms with E-state index in [1.54, 1.807) is 18.2 Å². The Balaban J connectivity index is 2.47. The van der Waals surface area contributed by atoms with Gasteiger partial charge in [0, 0.05) is 10.6 Å². The Morgan fingerprint density at radius 3 is 2.62 bits per heavy atom. The summed E-state index contributed by atoms with van der Waals surface area (Å²) >= 11 is 9.00. The lowest BCUT2D eigenvalue weighted by molar-refractivity contribution is 0.533. The summed E-state index contributed by atoms with van der Waals surface area (Å²) in [7, 11) is 0. The molecule has 0 saturated heterocycles. The lowest BCUT2D eigenvalue weighted by Gasteiger charge is -2.21. The minimum atomic E-state index is -0.489. The van der Waals surface area contributed by atoms with Crippen molar-refractivity contribution in [3.8, 4) is 0 Å². The van der Waals surface area contributed by atoms with Gasteiger partial charge < -0.3 is 5.32 Å². The van der Waals surface area contributed by atoms with E-state index >= 15 is 0 Å². The Labute approximate surface area is 136 Å². The molecule has 1 unspecified atom stereocenters. The molecule has 5 heteroatoms. The van der Waals surface area contributed by atoms with Gasteiger partial charge in [-0.15, -0.1) is 0 Å². The molecule has 0 aliphatic heterocycles. The van der Waals surface area contributed by atoms with E-state index in [1.165, 1.54) is 6.07 Å². The molecule has 2 rings (SSSR count). The first-order valence-electron chi connectivity index (χ1n) is 6.66. The van der Waals surface area contributed by atoms with Crippen molar-refractivity contribution < 1.29 is 8.78 Å². The van der Waals surface area contributed by atoms with E-state index < -0.39 is 17.7 Å². The predicted octanol–water partition coefficient (Wildman–Crippen LogP) is 5.47. The summed E-state index contributed by atoms with van der Waals surface area (Å²) in [6, 6.07) is 9.08. The molecule has 1 atom stereocenters. The highest BCUT2D eigenvalue weighted by molar-refractivity contribution is 9.10. The molecule has 0 spiro atoms. The molecular formula is C16H15BrClF2N. The fourth-order valence-corrected chi connectivity index (χ4v) is 2.66. The zero-order valence-electron chi connectivity index (χ0n) is 11.5. The lowest BCUT2D eigenvalue weighted by Crippen LogP contribution is -2.24. The second-order valence-electron chi connectivity index (χ2n) is 4.73. The largest absolute Gasteiger partial charge is 0.306 e. The quantitative estimate of drug-likeness (QED) is 0.684. The minimum Gasteiger partial charge on any atom is -0.306 e. The molecule has 0 aromatic heterocycles. The fraction of sp³-hybridized carbons (Fsp3) is 0.250. The second-order valence-corrected chi connectivity index (χ2v) is 6.02. The average Bonchev–Trinajstić information content (AvgIpc) is 2.44. The molecule has 1 N–H and O–H groups in total. The molecule has 2 aromatic rings. The van der Waals surface area contributed by atoms with Crippen LogP contribution in [0.5, 0.6) is 0 Å². The summed E-state index contributed by atoms with van der Waals surface area (Å²) in [4.78, 5) is 0. The number of halogens is 4. The summed E-state index contributed by atoms with van der Waals surface area (Å²) < 4.78 is 28.1. The first-order valence-corrected chi connectivity index (χ1v) is 7.83. The van der Waals surface area contributed by atoms with Crippen LogP contribution >= 0.6 is 27.5 Å². The molecule has 0 aliphatic rings. The van der Waals surface area contributed by atoms with Gasteiger partial charge in [-0.1, -0.05) is 30.7 Å². The van der Waals surface area contributed by atoms with Crippen LogP contribution in [0.2, 0.25) is 5.02 Å². The monoisotopic (exact) mass is 373 g/mol. The molecule has 2 aromatic carbocycles. The Morgan fingerprint density at radius 1 is 1.19 bits per heavy atom. The zero-order valence-corrected chi connectivity index (χ0v) is 13.8. The van der Waals surface area contributed by atoms with Crippen molar-refractivity contribution in [2.75, 3.05) is 6.54 Å². The normalized spacial score (nSPS) is 12.4. The molecule has 0 aliphatic carbocycles. The van der Waals surface area contributed by atoms with Crippen LogP contribution in [0.4, 0.5) is 8.78 Å². The molecule has 1 nitrogen and oxygen atoms in total. The van der Waals surface area contributed by atoms with E-state index in [1.807, 2.05) is 13.0 Å². The predicted molar refractivity (Wildman–Crippen MR) is 85.6 cm³/mol. The van der Waals surface area contributed by atoms with E-state index in [2.05, 4.69) is 21.2 Å². The number of hydrogen-bond donors (Lipinski definition) is 1. The maximum atomic E-state index is 14.2. The van der Waals surface area contributed by atoms with E-state index in [4.69, 9.17) is 11.6 Å². The number of nitrogens with one attached hydrogen (secondary N) is 1. The third-order valence-electron chi connectivity index (χ3n) is 3.13. The first-order chi connectivity index (χ1) is 10.0. The molecule has 0 radical (unpaired) electrons. The van der Waals surface area contributed by atoms with Crippen molar-refractivity contribution in [3.63, 3.8) is 0 Å². The molecule has 21 heavy (non-hydrogen) atoms. The maximum absolute atomic E-state index is 14.2. The third kappa shape index (κ3) is 4.02. The SMILES string of the molecule is CCCNC(c1cccc(Cl)c1)c1cc(F)c(Br)cc1F. The van der Waals surface area contributed by atoms with E-state index in [9.17, 15) is 8.78 Å². The summed E-state index contributed by atoms with van der Waals surface area (Å²) in [5.74, 6) is -0.950. The number of benzene rings is 2. The van der Waals surface area contributed by atoms with Gasteiger partial charge >= 0.3 is 0 Å². The van der Waals surface area contributed by atoms with Gasteiger partial charge in [-0.3, -0.25) is 0 Å². The lowest BCUT2D eigenvalue weighted by atomic mass is 9.98. The molecule has 0 heterocycles. The highest BCUT2D eigenvalue weighted by Crippen LogP contribution is 2.29. The van der Waals surface area contributed by atoms with Crippen molar-refractivity contribution in [1.82, 2.24) is 5.32 Å². The summed E-state index contributed by atoms with van der Waals surface area (Å²) in [6.45, 7) is 2.70. The van der Waals surface area contributed by atoms with E-state index in [0.29, 0.717) is 11.6 Å². The van der Waals surface area contributed by atoms with E-state index in [-0.39, 0.29) is 10.0 Å². The maximum Gasteiger partial charge on any atom is 0.137 e. The van der Waals surface area contributed by atoms with Crippen LogP contribution in [0.3, 0.4) is 0 Å². The standard InChI is InChI=1S/C16H15BrClF2N/c1-2-6-21-16(10-4-3-5-11(18)7-10)12-8-15(20)13(17)9-14(12)19/h3-5,7-9,16,21H,2,6H2,1H3. The van der Waals surface area contributed by atoms with Crippen LogP contribution in [-0.2, 0) is 0 Å². The summed E-state index contributed by atoms with van der Waals surface area (Å²) in [5.41, 5.74) is 1.07. The van der Waals surface area contributed by atoms with Gasteiger partial charge in [-0.2, -0.15) is 0 Å². The van der Waals surface area contributed by atoms with Gasteiger partial charge in [-0.05, 0) is 58.7 Å². The Bertz CT molecular complexity index is 634. The van der Waals surface area contributed by atoms with Crippen molar-refractivity contribution in [1.29, 1.82) is 0 Å². The van der Waals surface area contributed by atoms with Crippen molar-refractivity contribution in [2.45, 2.75) is 19.4 Å².